The summed E-state index contributed by atoms with van der Waals surface area (Å²) in [5.74, 6) is 0.879. The maximum Gasteiger partial charge on any atom is 0.220 e. The first-order valence-electron chi connectivity index (χ1n) is 7.20. The number of piperidine rings is 1. The maximum atomic E-state index is 12.1. The van der Waals surface area contributed by atoms with Crippen LogP contribution in [0.3, 0.4) is 0 Å². The molecule has 3 heteroatoms. The predicted octanol–water partition coefficient (Wildman–Crippen LogP) is 2.22. The molecule has 1 aliphatic carbocycles. The summed E-state index contributed by atoms with van der Waals surface area (Å²) >= 11 is 0. The topological polar surface area (TPSA) is 41.1 Å². The molecular formula is C14H26N2O. The molecule has 1 heterocycles. The van der Waals surface area contributed by atoms with Crippen LogP contribution in [0.15, 0.2) is 0 Å². The Morgan fingerprint density at radius 3 is 2.53 bits per heavy atom. The van der Waals surface area contributed by atoms with Gasteiger partial charge in [0.1, 0.15) is 0 Å². The third-order valence-electron chi connectivity index (χ3n) is 4.33. The van der Waals surface area contributed by atoms with Crippen LogP contribution in [0.1, 0.15) is 58.3 Å². The molecule has 1 aliphatic heterocycles. The molecule has 0 bridgehead atoms. The maximum absolute atomic E-state index is 12.1. The standard InChI is InChI=1S/C14H26N2O/c1-14(7-3-2-4-8-14)16-13(17)11-12-5-9-15-10-6-12/h12,15H,2-11H2,1H3,(H,16,17). The lowest BCUT2D eigenvalue weighted by Gasteiger charge is -2.35. The molecule has 0 unspecified atom stereocenters. The van der Waals surface area contributed by atoms with Gasteiger partial charge >= 0.3 is 0 Å². The van der Waals surface area contributed by atoms with Gasteiger partial charge in [0.05, 0.1) is 0 Å². The smallest absolute Gasteiger partial charge is 0.220 e. The molecule has 0 spiro atoms. The first-order chi connectivity index (χ1) is 8.18. The van der Waals surface area contributed by atoms with Crippen molar-refractivity contribution in [3.05, 3.63) is 0 Å². The fourth-order valence-corrected chi connectivity index (χ4v) is 3.19. The summed E-state index contributed by atoms with van der Waals surface area (Å²) in [4.78, 5) is 12.1. The van der Waals surface area contributed by atoms with Crippen LogP contribution in [0.2, 0.25) is 0 Å². The Labute approximate surface area is 105 Å². The molecule has 0 aromatic carbocycles. The molecule has 2 fully saturated rings. The second-order valence-electron chi connectivity index (χ2n) is 6.07. The number of hydrogen-bond donors (Lipinski definition) is 2. The first kappa shape index (κ1) is 12.9. The second-order valence-corrected chi connectivity index (χ2v) is 6.07. The highest BCUT2D eigenvalue weighted by Crippen LogP contribution is 2.28. The molecule has 98 valence electrons. The summed E-state index contributed by atoms with van der Waals surface area (Å²) in [6, 6.07) is 0. The minimum atomic E-state index is 0.0856. The van der Waals surface area contributed by atoms with Gasteiger partial charge in [0.15, 0.2) is 0 Å². The summed E-state index contributed by atoms with van der Waals surface area (Å²) in [6.45, 7) is 4.37. The van der Waals surface area contributed by atoms with E-state index in [4.69, 9.17) is 0 Å². The highest BCUT2D eigenvalue weighted by molar-refractivity contribution is 5.77. The number of rotatable bonds is 3. The Balaban J connectivity index is 1.75. The van der Waals surface area contributed by atoms with Crippen molar-refractivity contribution in [3.8, 4) is 0 Å². The molecule has 0 aromatic rings. The first-order valence-corrected chi connectivity index (χ1v) is 7.20. The van der Waals surface area contributed by atoms with Gasteiger partial charge in [-0.05, 0) is 51.6 Å². The van der Waals surface area contributed by atoms with Crippen LogP contribution in [0.4, 0.5) is 0 Å². The van der Waals surface area contributed by atoms with Crippen molar-refractivity contribution >= 4 is 5.91 Å². The van der Waals surface area contributed by atoms with Crippen LogP contribution in [0, 0.1) is 5.92 Å². The SMILES string of the molecule is CC1(NC(=O)CC2CCNCC2)CCCCC1. The van der Waals surface area contributed by atoms with E-state index in [1.807, 2.05) is 0 Å². The van der Waals surface area contributed by atoms with Gasteiger partial charge in [0.25, 0.3) is 0 Å². The summed E-state index contributed by atoms with van der Waals surface area (Å²) in [5, 5.41) is 6.63. The minimum absolute atomic E-state index is 0.0856. The van der Waals surface area contributed by atoms with Crippen molar-refractivity contribution in [3.63, 3.8) is 0 Å². The van der Waals surface area contributed by atoms with Gasteiger partial charge in [-0.1, -0.05) is 19.3 Å². The Morgan fingerprint density at radius 1 is 1.24 bits per heavy atom. The van der Waals surface area contributed by atoms with E-state index in [9.17, 15) is 4.79 Å². The number of amides is 1. The molecule has 3 nitrogen and oxygen atoms in total. The number of carbonyl (C=O) groups is 1. The Hall–Kier alpha value is -0.570. The lowest BCUT2D eigenvalue weighted by atomic mass is 9.83. The van der Waals surface area contributed by atoms with Crippen LogP contribution in [0.5, 0.6) is 0 Å². The zero-order valence-electron chi connectivity index (χ0n) is 11.1. The largest absolute Gasteiger partial charge is 0.351 e. The lowest BCUT2D eigenvalue weighted by molar-refractivity contribution is -0.124. The zero-order chi connectivity index (χ0) is 12.1. The zero-order valence-corrected chi connectivity index (χ0v) is 11.1. The van der Waals surface area contributed by atoms with E-state index in [1.165, 1.54) is 19.3 Å². The quantitative estimate of drug-likeness (QED) is 0.791. The van der Waals surface area contributed by atoms with Crippen LogP contribution in [-0.2, 0) is 4.79 Å². The van der Waals surface area contributed by atoms with Crippen molar-refractivity contribution in [1.29, 1.82) is 0 Å². The number of nitrogens with one attached hydrogen (secondary N) is 2. The molecule has 0 atom stereocenters. The van der Waals surface area contributed by atoms with Gasteiger partial charge < -0.3 is 10.6 Å². The second kappa shape index (κ2) is 5.85. The van der Waals surface area contributed by atoms with Gasteiger partial charge in [-0.15, -0.1) is 0 Å². The van der Waals surface area contributed by atoms with Gasteiger partial charge in [-0.2, -0.15) is 0 Å². The average Bonchev–Trinajstić information content (AvgIpc) is 2.30. The molecule has 2 N–H and O–H groups in total. The summed E-state index contributed by atoms with van der Waals surface area (Å²) < 4.78 is 0. The lowest BCUT2D eigenvalue weighted by Crippen LogP contribution is -2.48. The van der Waals surface area contributed by atoms with E-state index in [2.05, 4.69) is 17.6 Å². The molecular weight excluding hydrogens is 212 g/mol. The fraction of sp³-hybridized carbons (Fsp3) is 0.929. The van der Waals surface area contributed by atoms with Crippen molar-refractivity contribution in [2.45, 2.75) is 63.8 Å². The fourth-order valence-electron chi connectivity index (χ4n) is 3.19. The molecule has 0 aromatic heterocycles. The monoisotopic (exact) mass is 238 g/mol. The van der Waals surface area contributed by atoms with Crippen LogP contribution in [0.25, 0.3) is 0 Å². The van der Waals surface area contributed by atoms with Gasteiger partial charge in [0, 0.05) is 12.0 Å². The highest BCUT2D eigenvalue weighted by atomic mass is 16.1. The third kappa shape index (κ3) is 3.98. The molecule has 1 saturated heterocycles. The van der Waals surface area contributed by atoms with E-state index < -0.39 is 0 Å². The Morgan fingerprint density at radius 2 is 1.88 bits per heavy atom. The molecule has 2 rings (SSSR count). The highest BCUT2D eigenvalue weighted by Gasteiger charge is 2.29. The molecule has 1 saturated carbocycles. The minimum Gasteiger partial charge on any atom is -0.351 e. The predicted molar refractivity (Wildman–Crippen MR) is 69.8 cm³/mol. The van der Waals surface area contributed by atoms with Gasteiger partial charge in [0.2, 0.25) is 5.91 Å². The van der Waals surface area contributed by atoms with Crippen molar-refractivity contribution in [1.82, 2.24) is 10.6 Å². The molecule has 1 amide bonds. The normalized spacial score (nSPS) is 25.5. The third-order valence-corrected chi connectivity index (χ3v) is 4.33. The Bertz CT molecular complexity index is 253. The van der Waals surface area contributed by atoms with E-state index in [0.717, 1.165) is 45.2 Å². The van der Waals surface area contributed by atoms with Crippen LogP contribution >= 0.6 is 0 Å². The van der Waals surface area contributed by atoms with Crippen LogP contribution in [-0.4, -0.2) is 24.5 Å². The van der Waals surface area contributed by atoms with Gasteiger partial charge in [-0.25, -0.2) is 0 Å². The summed E-state index contributed by atoms with van der Waals surface area (Å²) in [5.41, 5.74) is 0.0856. The van der Waals surface area contributed by atoms with E-state index in [1.54, 1.807) is 0 Å². The summed E-state index contributed by atoms with van der Waals surface area (Å²) in [6.07, 6.45) is 9.23. The molecule has 0 radical (unpaired) electrons. The van der Waals surface area contributed by atoms with E-state index >= 15 is 0 Å². The van der Waals surface area contributed by atoms with E-state index in [0.29, 0.717) is 5.92 Å². The van der Waals surface area contributed by atoms with Crippen molar-refractivity contribution < 1.29 is 4.79 Å². The van der Waals surface area contributed by atoms with Crippen LogP contribution < -0.4 is 10.6 Å². The number of hydrogen-bond acceptors (Lipinski definition) is 2. The van der Waals surface area contributed by atoms with Crippen molar-refractivity contribution in [2.75, 3.05) is 13.1 Å². The Kier molecular flexibility index (Phi) is 4.43. The molecule has 17 heavy (non-hydrogen) atoms. The average molecular weight is 238 g/mol. The van der Waals surface area contributed by atoms with Crippen molar-refractivity contribution in [2.24, 2.45) is 5.92 Å². The number of carbonyl (C=O) groups excluding carboxylic acids is 1. The van der Waals surface area contributed by atoms with Gasteiger partial charge in [-0.3, -0.25) is 4.79 Å². The molecule has 2 aliphatic rings. The summed E-state index contributed by atoms with van der Waals surface area (Å²) in [7, 11) is 0. The van der Waals surface area contributed by atoms with E-state index in [-0.39, 0.29) is 11.4 Å².